The van der Waals surface area contributed by atoms with Gasteiger partial charge in [0.15, 0.2) is 0 Å². The van der Waals surface area contributed by atoms with Crippen molar-refractivity contribution in [2.45, 2.75) is 44.5 Å². The van der Waals surface area contributed by atoms with Gasteiger partial charge in [-0.05, 0) is 42.4 Å². The third-order valence-electron chi connectivity index (χ3n) is 4.18. The van der Waals surface area contributed by atoms with Crippen molar-refractivity contribution in [2.24, 2.45) is 5.92 Å². The normalized spacial score (nSPS) is 15.3. The molecule has 0 spiro atoms. The summed E-state index contributed by atoms with van der Waals surface area (Å²) in [6, 6.07) is 7.56. The van der Waals surface area contributed by atoms with Crippen LogP contribution in [0.3, 0.4) is 0 Å². The van der Waals surface area contributed by atoms with Gasteiger partial charge in [0.2, 0.25) is 0 Å². The molecule has 0 aliphatic heterocycles. The van der Waals surface area contributed by atoms with E-state index in [-0.39, 0.29) is 13.0 Å². The number of benzene rings is 1. The first-order valence-corrected chi connectivity index (χ1v) is 9.01. The maximum absolute atomic E-state index is 11.2. The number of aliphatic hydroxyl groups is 2. The monoisotopic (exact) mass is 412 g/mol. The first-order valence-electron chi connectivity index (χ1n) is 8.22. The van der Waals surface area contributed by atoms with Gasteiger partial charge in [0.05, 0.1) is 31.5 Å². The molecule has 2 atom stereocenters. The van der Waals surface area contributed by atoms with Gasteiger partial charge >= 0.3 is 0 Å². The summed E-state index contributed by atoms with van der Waals surface area (Å²) in [5.74, 6) is 0.339. The Morgan fingerprint density at radius 3 is 2.32 bits per heavy atom. The molecule has 0 saturated heterocycles. The molecule has 0 amide bonds. The highest BCUT2D eigenvalue weighted by Gasteiger charge is 2.44. The zero-order valence-corrected chi connectivity index (χ0v) is 16.9. The smallest absolute Gasteiger partial charge is 0.118 e. The van der Waals surface area contributed by atoms with Gasteiger partial charge in [-0.2, -0.15) is 0 Å². The number of hydrogen-bond acceptors (Lipinski definition) is 4. The molecule has 0 aliphatic rings. The Balaban J connectivity index is 2.85. The Morgan fingerprint density at radius 2 is 1.88 bits per heavy atom. The van der Waals surface area contributed by atoms with Crippen molar-refractivity contribution in [3.63, 3.8) is 0 Å². The number of methoxy groups -OCH3 is 1. The molecule has 1 rings (SSSR count). The average molecular weight is 413 g/mol. The SMILES string of the molecule is C=CC[C@@H](C(C)(C)O)[C@@](O)(COCc1ccc(OC)cc1)CC(=C)Br. The van der Waals surface area contributed by atoms with Crippen LogP contribution in [0, 0.1) is 5.92 Å². The van der Waals surface area contributed by atoms with Crippen molar-refractivity contribution in [2.75, 3.05) is 13.7 Å². The molecule has 25 heavy (non-hydrogen) atoms. The third-order valence-corrected chi connectivity index (χ3v) is 4.46. The molecular formula is C20H29BrO4. The van der Waals surface area contributed by atoms with Crippen LogP contribution in [0.15, 0.2) is 48.0 Å². The molecule has 0 bridgehead atoms. The first-order chi connectivity index (χ1) is 11.6. The van der Waals surface area contributed by atoms with Gasteiger partial charge < -0.3 is 19.7 Å². The van der Waals surface area contributed by atoms with Crippen LogP contribution in [-0.2, 0) is 11.3 Å². The minimum Gasteiger partial charge on any atom is -0.497 e. The van der Waals surface area contributed by atoms with Crippen LogP contribution in [0.25, 0.3) is 0 Å². The Labute approximate surface area is 159 Å². The number of allylic oxidation sites excluding steroid dienone is 1. The molecule has 4 nitrogen and oxygen atoms in total. The van der Waals surface area contributed by atoms with E-state index >= 15 is 0 Å². The Morgan fingerprint density at radius 1 is 1.28 bits per heavy atom. The fourth-order valence-corrected chi connectivity index (χ4v) is 3.49. The van der Waals surface area contributed by atoms with Crippen molar-refractivity contribution in [1.29, 1.82) is 0 Å². The number of rotatable bonds is 11. The maximum atomic E-state index is 11.2. The second-order valence-electron chi connectivity index (χ2n) is 6.87. The van der Waals surface area contributed by atoms with E-state index in [2.05, 4.69) is 29.1 Å². The molecule has 0 radical (unpaired) electrons. The third kappa shape index (κ3) is 6.94. The second kappa shape index (κ2) is 9.53. The summed E-state index contributed by atoms with van der Waals surface area (Å²) in [6.07, 6.45) is 2.44. The molecule has 0 aromatic heterocycles. The summed E-state index contributed by atoms with van der Waals surface area (Å²) < 4.78 is 11.6. The maximum Gasteiger partial charge on any atom is 0.118 e. The fraction of sp³-hybridized carbons (Fsp3) is 0.500. The minimum absolute atomic E-state index is 0.0755. The van der Waals surface area contributed by atoms with Gasteiger partial charge in [-0.3, -0.25) is 0 Å². The first kappa shape index (κ1) is 21.9. The van der Waals surface area contributed by atoms with Crippen molar-refractivity contribution < 1.29 is 19.7 Å². The van der Waals surface area contributed by atoms with E-state index in [1.165, 1.54) is 0 Å². The lowest BCUT2D eigenvalue weighted by molar-refractivity contribution is -0.143. The van der Waals surface area contributed by atoms with E-state index in [0.717, 1.165) is 11.3 Å². The van der Waals surface area contributed by atoms with Gasteiger partial charge in [0.1, 0.15) is 5.75 Å². The standard InChI is InChI=1S/C20H29BrO4/c1-6-7-18(19(3,4)22)20(23,12-15(2)21)14-25-13-16-8-10-17(24-5)11-9-16/h6,8-11,18,22-23H,1-2,7,12-14H2,3-5H3/t18-,20-/m0/s1. The molecule has 140 valence electrons. The van der Waals surface area contributed by atoms with Gasteiger partial charge in [0, 0.05) is 12.3 Å². The van der Waals surface area contributed by atoms with E-state index in [1.807, 2.05) is 24.3 Å². The highest BCUT2D eigenvalue weighted by molar-refractivity contribution is 9.11. The van der Waals surface area contributed by atoms with Crippen LogP contribution < -0.4 is 4.74 Å². The quantitative estimate of drug-likeness (QED) is 0.534. The lowest BCUT2D eigenvalue weighted by atomic mass is 9.73. The summed E-state index contributed by atoms with van der Waals surface area (Å²) in [4.78, 5) is 0. The Kier molecular flexibility index (Phi) is 8.35. The predicted octanol–water partition coefficient (Wildman–Crippen LogP) is 4.20. The Hall–Kier alpha value is -1.14. The van der Waals surface area contributed by atoms with E-state index in [9.17, 15) is 10.2 Å². The summed E-state index contributed by atoms with van der Waals surface area (Å²) in [6.45, 7) is 11.4. The molecule has 2 N–H and O–H groups in total. The Bertz CT molecular complexity index is 562. The second-order valence-corrected chi connectivity index (χ2v) is 7.99. The number of hydrogen-bond donors (Lipinski definition) is 2. The molecule has 0 fully saturated rings. The molecule has 1 aromatic rings. The highest BCUT2D eigenvalue weighted by atomic mass is 79.9. The fourth-order valence-electron chi connectivity index (χ4n) is 3.01. The van der Waals surface area contributed by atoms with Gasteiger partial charge in [-0.15, -0.1) is 6.58 Å². The van der Waals surface area contributed by atoms with E-state index in [4.69, 9.17) is 9.47 Å². The lowest BCUT2D eigenvalue weighted by Crippen LogP contribution is -2.51. The molecule has 0 saturated carbocycles. The van der Waals surface area contributed by atoms with Crippen LogP contribution in [0.4, 0.5) is 0 Å². The molecule has 0 heterocycles. The van der Waals surface area contributed by atoms with Crippen molar-refractivity contribution >= 4 is 15.9 Å². The zero-order chi connectivity index (χ0) is 19.1. The molecule has 0 aliphatic carbocycles. The van der Waals surface area contributed by atoms with Gasteiger partial charge in [-0.1, -0.05) is 40.7 Å². The van der Waals surface area contributed by atoms with Crippen LogP contribution in [0.1, 0.15) is 32.3 Å². The highest BCUT2D eigenvalue weighted by Crippen LogP contribution is 2.37. The number of halogens is 1. The summed E-state index contributed by atoms with van der Waals surface area (Å²) in [7, 11) is 1.62. The van der Waals surface area contributed by atoms with Crippen LogP contribution in [0.5, 0.6) is 5.75 Å². The minimum atomic E-state index is -1.26. The van der Waals surface area contributed by atoms with Crippen LogP contribution in [-0.4, -0.2) is 35.1 Å². The van der Waals surface area contributed by atoms with Gasteiger partial charge in [-0.25, -0.2) is 0 Å². The van der Waals surface area contributed by atoms with E-state index < -0.39 is 17.1 Å². The largest absolute Gasteiger partial charge is 0.497 e. The van der Waals surface area contributed by atoms with Crippen LogP contribution in [0.2, 0.25) is 0 Å². The predicted molar refractivity (Wildman–Crippen MR) is 105 cm³/mol. The molecule has 0 unspecified atom stereocenters. The van der Waals surface area contributed by atoms with Gasteiger partial charge in [0.25, 0.3) is 0 Å². The van der Waals surface area contributed by atoms with E-state index in [0.29, 0.717) is 17.5 Å². The van der Waals surface area contributed by atoms with E-state index in [1.54, 1.807) is 27.0 Å². The van der Waals surface area contributed by atoms with Crippen LogP contribution >= 0.6 is 15.9 Å². The lowest BCUT2D eigenvalue weighted by Gasteiger charge is -2.42. The van der Waals surface area contributed by atoms with Crippen molar-refractivity contribution in [3.8, 4) is 5.75 Å². The topological polar surface area (TPSA) is 58.9 Å². The molecular weight excluding hydrogens is 384 g/mol. The van der Waals surface area contributed by atoms with Crippen molar-refractivity contribution in [3.05, 3.63) is 53.5 Å². The summed E-state index contributed by atoms with van der Waals surface area (Å²) in [5, 5.41) is 21.7. The number of ether oxygens (including phenoxy) is 2. The summed E-state index contributed by atoms with van der Waals surface area (Å²) in [5.41, 5.74) is -1.38. The molecule has 5 heteroatoms. The molecule has 1 aromatic carbocycles. The average Bonchev–Trinajstić information content (AvgIpc) is 2.51. The zero-order valence-electron chi connectivity index (χ0n) is 15.3. The van der Waals surface area contributed by atoms with Crippen molar-refractivity contribution in [1.82, 2.24) is 0 Å². The summed E-state index contributed by atoms with van der Waals surface area (Å²) >= 11 is 3.32.